The molecule has 1 saturated heterocycles. The summed E-state index contributed by atoms with van der Waals surface area (Å²) < 4.78 is 9.00. The SMILES string of the molecule is O=C(N=c1sc2ccccc2n1CCN1CCOCC1)C12CC3CC(CC(C3)C1)C2. The molecule has 2 aromatic rings. The lowest BCUT2D eigenvalue weighted by Crippen LogP contribution is -2.50. The fourth-order valence-electron chi connectivity index (χ4n) is 6.97. The minimum Gasteiger partial charge on any atom is -0.379 e. The first-order valence-electron chi connectivity index (χ1n) is 11.7. The number of morpholine rings is 1. The summed E-state index contributed by atoms with van der Waals surface area (Å²) in [5.41, 5.74) is 1.04. The van der Waals surface area contributed by atoms with Gasteiger partial charge in [0.15, 0.2) is 4.80 Å². The van der Waals surface area contributed by atoms with Crippen LogP contribution >= 0.6 is 11.3 Å². The van der Waals surface area contributed by atoms with Crippen molar-refractivity contribution in [1.29, 1.82) is 0 Å². The summed E-state index contributed by atoms with van der Waals surface area (Å²) in [5.74, 6) is 2.48. The molecule has 30 heavy (non-hydrogen) atoms. The van der Waals surface area contributed by atoms with Crippen molar-refractivity contribution in [3.05, 3.63) is 29.1 Å². The van der Waals surface area contributed by atoms with Crippen LogP contribution in [0.15, 0.2) is 29.3 Å². The van der Waals surface area contributed by atoms with E-state index in [2.05, 4.69) is 33.7 Å². The maximum Gasteiger partial charge on any atom is 0.254 e. The van der Waals surface area contributed by atoms with Crippen LogP contribution in [0.2, 0.25) is 0 Å². The van der Waals surface area contributed by atoms with E-state index in [0.29, 0.717) is 0 Å². The third-order valence-electron chi connectivity index (χ3n) is 8.02. The largest absolute Gasteiger partial charge is 0.379 e. The molecule has 1 aliphatic heterocycles. The number of hydrogen-bond acceptors (Lipinski definition) is 4. The summed E-state index contributed by atoms with van der Waals surface area (Å²) >= 11 is 1.68. The van der Waals surface area contributed by atoms with E-state index in [-0.39, 0.29) is 11.3 Å². The van der Waals surface area contributed by atoms with Crippen LogP contribution < -0.4 is 4.80 Å². The topological polar surface area (TPSA) is 46.8 Å². The summed E-state index contributed by atoms with van der Waals surface area (Å²) in [4.78, 5) is 21.8. The number of fused-ring (bicyclic) bond motifs is 1. The predicted octanol–water partition coefficient (Wildman–Crippen LogP) is 3.68. The van der Waals surface area contributed by atoms with Gasteiger partial charge in [0.25, 0.3) is 5.91 Å². The van der Waals surface area contributed by atoms with Gasteiger partial charge in [0.1, 0.15) is 0 Å². The van der Waals surface area contributed by atoms with E-state index >= 15 is 0 Å². The van der Waals surface area contributed by atoms with E-state index in [9.17, 15) is 4.79 Å². The van der Waals surface area contributed by atoms with Gasteiger partial charge in [-0.3, -0.25) is 9.69 Å². The summed E-state index contributed by atoms with van der Waals surface area (Å²) in [5, 5.41) is 0. The minimum atomic E-state index is -0.160. The summed E-state index contributed by atoms with van der Waals surface area (Å²) in [6, 6.07) is 8.49. The Morgan fingerprint density at radius 2 is 1.70 bits per heavy atom. The molecule has 7 rings (SSSR count). The van der Waals surface area contributed by atoms with Gasteiger partial charge in [-0.05, 0) is 68.4 Å². The molecule has 0 N–H and O–H groups in total. The van der Waals surface area contributed by atoms with Crippen molar-refractivity contribution < 1.29 is 9.53 Å². The van der Waals surface area contributed by atoms with Crippen LogP contribution in [-0.4, -0.2) is 48.2 Å². The summed E-state index contributed by atoms with van der Waals surface area (Å²) in [6.45, 7) is 5.45. The number of thiazole rings is 1. The highest BCUT2D eigenvalue weighted by molar-refractivity contribution is 7.16. The molecule has 0 atom stereocenters. The molecule has 2 heterocycles. The number of hydrogen-bond donors (Lipinski definition) is 0. The zero-order valence-corrected chi connectivity index (χ0v) is 18.4. The van der Waals surface area contributed by atoms with E-state index < -0.39 is 0 Å². The molecule has 0 spiro atoms. The third kappa shape index (κ3) is 3.37. The molecule has 160 valence electrons. The molecule has 1 amide bonds. The zero-order chi connectivity index (χ0) is 20.1. The van der Waals surface area contributed by atoms with E-state index in [4.69, 9.17) is 9.73 Å². The highest BCUT2D eigenvalue weighted by Crippen LogP contribution is 2.60. The molecule has 4 bridgehead atoms. The molecular formula is C24H31N3O2S. The predicted molar refractivity (Wildman–Crippen MR) is 118 cm³/mol. The van der Waals surface area contributed by atoms with Gasteiger partial charge in [-0.1, -0.05) is 23.5 Å². The first kappa shape index (κ1) is 19.2. The monoisotopic (exact) mass is 425 g/mol. The summed E-state index contributed by atoms with van der Waals surface area (Å²) in [6.07, 6.45) is 7.32. The second-order valence-electron chi connectivity index (χ2n) is 10.1. The molecule has 4 aliphatic carbocycles. The Labute approximate surface area is 181 Å². The van der Waals surface area contributed by atoms with Crippen molar-refractivity contribution in [2.75, 3.05) is 32.8 Å². The van der Waals surface area contributed by atoms with Gasteiger partial charge < -0.3 is 9.30 Å². The lowest BCUT2D eigenvalue weighted by Gasteiger charge is -2.55. The molecule has 1 aromatic heterocycles. The van der Waals surface area contributed by atoms with E-state index in [1.165, 1.54) is 29.5 Å². The number of carbonyl (C=O) groups excluding carboxylic acids is 1. The second kappa shape index (κ2) is 7.57. The number of rotatable bonds is 4. The van der Waals surface area contributed by atoms with Gasteiger partial charge in [-0.15, -0.1) is 0 Å². The Bertz CT molecular complexity index is 982. The Balaban J connectivity index is 1.33. The average molecular weight is 426 g/mol. The Kier molecular flexibility index (Phi) is 4.85. The quantitative estimate of drug-likeness (QED) is 0.751. The molecule has 0 unspecified atom stereocenters. The minimum absolute atomic E-state index is 0.160. The zero-order valence-electron chi connectivity index (χ0n) is 17.6. The van der Waals surface area contributed by atoms with Gasteiger partial charge in [-0.2, -0.15) is 4.99 Å². The molecular weight excluding hydrogens is 394 g/mol. The van der Waals surface area contributed by atoms with Crippen molar-refractivity contribution in [2.24, 2.45) is 28.2 Å². The van der Waals surface area contributed by atoms with Crippen molar-refractivity contribution in [2.45, 2.75) is 45.1 Å². The maximum atomic E-state index is 13.6. The van der Waals surface area contributed by atoms with Crippen LogP contribution in [0.1, 0.15) is 38.5 Å². The van der Waals surface area contributed by atoms with Crippen LogP contribution in [0.4, 0.5) is 0 Å². The van der Waals surface area contributed by atoms with Gasteiger partial charge in [0.05, 0.1) is 28.8 Å². The summed E-state index contributed by atoms with van der Waals surface area (Å²) in [7, 11) is 0. The number of ether oxygens (including phenoxy) is 1. The molecule has 6 heteroatoms. The van der Waals surface area contributed by atoms with Crippen molar-refractivity contribution in [1.82, 2.24) is 9.47 Å². The van der Waals surface area contributed by atoms with Crippen molar-refractivity contribution in [3.8, 4) is 0 Å². The molecule has 5 fully saturated rings. The molecule has 1 aromatic carbocycles. The average Bonchev–Trinajstić information content (AvgIpc) is 3.09. The lowest BCUT2D eigenvalue weighted by molar-refractivity contribution is -0.142. The number of carbonyl (C=O) groups is 1. The Hall–Kier alpha value is -1.50. The van der Waals surface area contributed by atoms with E-state index in [1.807, 2.05) is 0 Å². The normalized spacial score (nSPS) is 34.1. The molecule has 0 radical (unpaired) electrons. The van der Waals surface area contributed by atoms with E-state index in [1.54, 1.807) is 11.3 Å². The van der Waals surface area contributed by atoms with Gasteiger partial charge in [0.2, 0.25) is 0 Å². The smallest absolute Gasteiger partial charge is 0.254 e. The lowest BCUT2D eigenvalue weighted by atomic mass is 9.49. The standard InChI is InChI=1S/C24H31N3O2S/c28-22(24-14-17-11-18(15-24)13-19(12-17)16-24)25-23-27(6-5-26-7-9-29-10-8-26)20-3-1-2-4-21(20)30-23/h1-4,17-19H,5-16H2. The van der Waals surface area contributed by atoms with Gasteiger partial charge in [-0.25, -0.2) is 0 Å². The fraction of sp³-hybridized carbons (Fsp3) is 0.667. The molecule has 5 aliphatic rings. The van der Waals surface area contributed by atoms with Crippen LogP contribution in [0.5, 0.6) is 0 Å². The van der Waals surface area contributed by atoms with Crippen LogP contribution in [-0.2, 0) is 16.1 Å². The number of aromatic nitrogens is 1. The first-order chi connectivity index (χ1) is 14.7. The molecule has 4 saturated carbocycles. The van der Waals surface area contributed by atoms with Crippen LogP contribution in [0, 0.1) is 23.2 Å². The van der Waals surface area contributed by atoms with Crippen LogP contribution in [0.3, 0.4) is 0 Å². The van der Waals surface area contributed by atoms with Crippen molar-refractivity contribution >= 4 is 27.5 Å². The third-order valence-corrected chi connectivity index (χ3v) is 9.08. The first-order valence-corrected chi connectivity index (χ1v) is 12.5. The number of nitrogens with zero attached hydrogens (tertiary/aromatic N) is 3. The highest BCUT2D eigenvalue weighted by Gasteiger charge is 2.54. The number of benzene rings is 1. The van der Waals surface area contributed by atoms with Gasteiger partial charge >= 0.3 is 0 Å². The Morgan fingerprint density at radius 3 is 2.40 bits per heavy atom. The van der Waals surface area contributed by atoms with Gasteiger partial charge in [0, 0.05) is 26.2 Å². The fourth-order valence-corrected chi connectivity index (χ4v) is 8.02. The van der Waals surface area contributed by atoms with Crippen LogP contribution in [0.25, 0.3) is 10.2 Å². The van der Waals surface area contributed by atoms with Crippen molar-refractivity contribution in [3.63, 3.8) is 0 Å². The number of para-hydroxylation sites is 1. The Morgan fingerprint density at radius 1 is 1.03 bits per heavy atom. The van der Waals surface area contributed by atoms with E-state index in [0.717, 1.165) is 81.2 Å². The second-order valence-corrected chi connectivity index (χ2v) is 11.1. The molecule has 5 nitrogen and oxygen atoms in total. The number of amides is 1. The highest BCUT2D eigenvalue weighted by atomic mass is 32.1. The maximum absolute atomic E-state index is 13.6.